The molecule has 0 spiro atoms. The lowest BCUT2D eigenvalue weighted by atomic mass is 10.1. The van der Waals surface area contributed by atoms with Gasteiger partial charge in [-0.15, -0.1) is 0 Å². The number of fused-ring (bicyclic) bond motifs is 1. The Kier molecular flexibility index (Phi) is 4.91. The van der Waals surface area contributed by atoms with Crippen molar-refractivity contribution in [2.24, 2.45) is 0 Å². The molecule has 1 heterocycles. The summed E-state index contributed by atoms with van der Waals surface area (Å²) in [4.78, 5) is 35.5. The Hall–Kier alpha value is -3.26. The molecule has 1 aromatic heterocycles. The first-order valence-corrected chi connectivity index (χ1v) is 8.27. The van der Waals surface area contributed by atoms with Gasteiger partial charge >= 0.3 is 0 Å². The lowest BCUT2D eigenvalue weighted by molar-refractivity contribution is -0.384. The quantitative estimate of drug-likeness (QED) is 0.539. The first kappa shape index (κ1) is 18.5. The van der Waals surface area contributed by atoms with Crippen LogP contribution in [0.15, 0.2) is 47.4 Å². The van der Waals surface area contributed by atoms with Crippen molar-refractivity contribution in [2.45, 2.75) is 13.5 Å². The average Bonchev–Trinajstić information content (AvgIpc) is 2.63. The maximum Gasteiger partial charge on any atom is 0.289 e. The first-order chi connectivity index (χ1) is 12.8. The van der Waals surface area contributed by atoms with Crippen molar-refractivity contribution in [3.05, 3.63) is 79.3 Å². The van der Waals surface area contributed by atoms with Gasteiger partial charge < -0.3 is 9.88 Å². The molecule has 1 N–H and O–H groups in total. The number of carbonyl (C=O) groups excluding carboxylic acids is 1. The van der Waals surface area contributed by atoms with Crippen molar-refractivity contribution >= 4 is 39.8 Å². The van der Waals surface area contributed by atoms with Crippen LogP contribution in [-0.2, 0) is 6.54 Å². The fourth-order valence-corrected chi connectivity index (χ4v) is 2.91. The van der Waals surface area contributed by atoms with Gasteiger partial charge in [0, 0.05) is 29.9 Å². The predicted molar refractivity (Wildman–Crippen MR) is 99.9 cm³/mol. The monoisotopic (exact) mass is 389 g/mol. The van der Waals surface area contributed by atoms with Gasteiger partial charge in [-0.3, -0.25) is 19.7 Å². The summed E-state index contributed by atoms with van der Waals surface area (Å²) in [6.07, 6.45) is 1.38. The van der Waals surface area contributed by atoms with Crippen molar-refractivity contribution in [3.8, 4) is 0 Å². The Balaban J connectivity index is 2.06. The summed E-state index contributed by atoms with van der Waals surface area (Å²) in [5.41, 5.74) is -0.593. The van der Waals surface area contributed by atoms with Crippen molar-refractivity contribution < 1.29 is 14.1 Å². The Labute approximate surface area is 157 Å². The molecule has 1 amide bonds. The molecule has 0 atom stereocenters. The minimum atomic E-state index is -0.759. The molecule has 9 heteroatoms. The zero-order chi connectivity index (χ0) is 19.7. The zero-order valence-corrected chi connectivity index (χ0v) is 14.8. The zero-order valence-electron chi connectivity index (χ0n) is 14.0. The van der Waals surface area contributed by atoms with Crippen LogP contribution in [0, 0.1) is 15.9 Å². The maximum atomic E-state index is 13.6. The number of amides is 1. The maximum absolute atomic E-state index is 13.6. The molecular weight excluding hydrogens is 377 g/mol. The van der Waals surface area contributed by atoms with Gasteiger partial charge in [0.2, 0.25) is 5.43 Å². The number of carbonyl (C=O) groups is 1. The van der Waals surface area contributed by atoms with Crippen LogP contribution >= 0.6 is 11.6 Å². The van der Waals surface area contributed by atoms with Gasteiger partial charge in [0.15, 0.2) is 0 Å². The van der Waals surface area contributed by atoms with Crippen LogP contribution in [0.1, 0.15) is 17.3 Å². The number of hydrogen-bond donors (Lipinski definition) is 1. The minimum absolute atomic E-state index is 0.0755. The highest BCUT2D eigenvalue weighted by atomic mass is 35.5. The number of rotatable bonds is 4. The fourth-order valence-electron chi connectivity index (χ4n) is 2.72. The number of pyridine rings is 1. The van der Waals surface area contributed by atoms with Gasteiger partial charge in [-0.05, 0) is 37.3 Å². The predicted octanol–water partition coefficient (Wildman–Crippen LogP) is 3.97. The van der Waals surface area contributed by atoms with Crippen molar-refractivity contribution in [3.63, 3.8) is 0 Å². The third-order valence-electron chi connectivity index (χ3n) is 4.03. The molecule has 0 bridgehead atoms. The summed E-state index contributed by atoms with van der Waals surface area (Å²) >= 11 is 5.75. The Bertz CT molecular complexity index is 1140. The SMILES string of the molecule is CCn1cc(C(=O)Nc2ccc(Cl)c([N+](=O)[O-])c2)c(=O)c2cc(F)ccc21. The smallest absolute Gasteiger partial charge is 0.289 e. The molecule has 3 aromatic rings. The second-order valence-electron chi connectivity index (χ2n) is 5.70. The summed E-state index contributed by atoms with van der Waals surface area (Å²) in [6, 6.07) is 7.54. The molecular formula is C18H13ClFN3O4. The van der Waals surface area contributed by atoms with E-state index < -0.39 is 22.1 Å². The van der Waals surface area contributed by atoms with Gasteiger partial charge in [0.05, 0.1) is 10.4 Å². The van der Waals surface area contributed by atoms with Gasteiger partial charge in [0.25, 0.3) is 11.6 Å². The number of nitrogens with one attached hydrogen (secondary N) is 1. The molecule has 3 rings (SSSR count). The number of halogens is 2. The van der Waals surface area contributed by atoms with Crippen molar-refractivity contribution in [1.29, 1.82) is 0 Å². The summed E-state index contributed by atoms with van der Waals surface area (Å²) in [7, 11) is 0. The highest BCUT2D eigenvalue weighted by Gasteiger charge is 2.18. The number of anilines is 1. The van der Waals surface area contributed by atoms with Gasteiger partial charge in [-0.2, -0.15) is 0 Å². The van der Waals surface area contributed by atoms with E-state index in [2.05, 4.69) is 5.32 Å². The average molecular weight is 390 g/mol. The summed E-state index contributed by atoms with van der Waals surface area (Å²) < 4.78 is 15.2. The van der Waals surface area contributed by atoms with Crippen LogP contribution < -0.4 is 10.7 Å². The molecule has 0 unspecified atom stereocenters. The molecule has 138 valence electrons. The molecule has 0 aliphatic rings. The van der Waals surface area contributed by atoms with E-state index >= 15 is 0 Å². The number of nitrogens with zero attached hydrogens (tertiary/aromatic N) is 2. The highest BCUT2D eigenvalue weighted by Crippen LogP contribution is 2.27. The molecule has 0 radical (unpaired) electrons. The van der Waals surface area contributed by atoms with Crippen LogP contribution in [0.2, 0.25) is 5.02 Å². The number of nitro groups is 1. The summed E-state index contributed by atoms with van der Waals surface area (Å²) in [6.45, 7) is 2.27. The van der Waals surface area contributed by atoms with E-state index in [1.54, 1.807) is 4.57 Å². The lowest BCUT2D eigenvalue weighted by Gasteiger charge is -2.12. The third-order valence-corrected chi connectivity index (χ3v) is 4.35. The number of benzene rings is 2. The van der Waals surface area contributed by atoms with Crippen molar-refractivity contribution in [2.75, 3.05) is 5.32 Å². The normalized spacial score (nSPS) is 10.8. The van der Waals surface area contributed by atoms with Crippen LogP contribution in [-0.4, -0.2) is 15.4 Å². The second-order valence-corrected chi connectivity index (χ2v) is 6.10. The first-order valence-electron chi connectivity index (χ1n) is 7.89. The fraction of sp³-hybridized carbons (Fsp3) is 0.111. The third kappa shape index (κ3) is 3.52. The number of hydrogen-bond acceptors (Lipinski definition) is 4. The molecule has 0 aliphatic heterocycles. The summed E-state index contributed by atoms with van der Waals surface area (Å²) in [5.74, 6) is -1.35. The Morgan fingerprint density at radius 2 is 2.04 bits per heavy atom. The van der Waals surface area contributed by atoms with Gasteiger partial charge in [0.1, 0.15) is 16.4 Å². The Morgan fingerprint density at radius 3 is 2.70 bits per heavy atom. The largest absolute Gasteiger partial charge is 0.347 e. The number of aryl methyl sites for hydroxylation is 1. The van der Waals surface area contributed by atoms with E-state index in [1.807, 2.05) is 6.92 Å². The standard InChI is InChI=1S/C18H13ClFN3O4/c1-2-22-9-13(17(24)12-7-10(20)3-6-15(12)22)18(25)21-11-4-5-14(19)16(8-11)23(26)27/h3-9H,2H2,1H3,(H,21,25). The molecule has 0 saturated carbocycles. The van der Waals surface area contributed by atoms with Gasteiger partial charge in [-0.1, -0.05) is 11.6 Å². The van der Waals surface area contributed by atoms with E-state index in [0.717, 1.165) is 12.1 Å². The summed E-state index contributed by atoms with van der Waals surface area (Å²) in [5, 5.41) is 13.4. The Morgan fingerprint density at radius 1 is 1.30 bits per heavy atom. The molecule has 0 saturated heterocycles. The van der Waals surface area contributed by atoms with Crippen LogP contribution in [0.3, 0.4) is 0 Å². The molecule has 0 aliphatic carbocycles. The van der Waals surface area contributed by atoms with E-state index in [1.165, 1.54) is 30.5 Å². The molecule has 2 aromatic carbocycles. The topological polar surface area (TPSA) is 94.2 Å². The number of nitro benzene ring substituents is 1. The van der Waals surface area contributed by atoms with Crippen LogP contribution in [0.4, 0.5) is 15.8 Å². The second kappa shape index (κ2) is 7.16. The molecule has 0 fully saturated rings. The van der Waals surface area contributed by atoms with Crippen LogP contribution in [0.5, 0.6) is 0 Å². The lowest BCUT2D eigenvalue weighted by Crippen LogP contribution is -2.24. The number of aromatic nitrogens is 1. The van der Waals surface area contributed by atoms with E-state index in [-0.39, 0.29) is 27.3 Å². The molecule has 7 nitrogen and oxygen atoms in total. The van der Waals surface area contributed by atoms with E-state index in [4.69, 9.17) is 11.6 Å². The van der Waals surface area contributed by atoms with E-state index in [9.17, 15) is 24.1 Å². The highest BCUT2D eigenvalue weighted by molar-refractivity contribution is 6.32. The minimum Gasteiger partial charge on any atom is -0.347 e. The molecule has 27 heavy (non-hydrogen) atoms. The van der Waals surface area contributed by atoms with E-state index in [0.29, 0.717) is 12.1 Å². The van der Waals surface area contributed by atoms with Crippen molar-refractivity contribution in [1.82, 2.24) is 4.57 Å². The van der Waals surface area contributed by atoms with Crippen LogP contribution in [0.25, 0.3) is 10.9 Å². The van der Waals surface area contributed by atoms with Gasteiger partial charge in [-0.25, -0.2) is 4.39 Å².